The fourth-order valence-corrected chi connectivity index (χ4v) is 6.22. The van der Waals surface area contributed by atoms with Gasteiger partial charge < -0.3 is 9.80 Å². The fraction of sp³-hybridized carbons (Fsp3) is 0.379. The molecule has 2 aromatic carbocycles. The second-order valence-electron chi connectivity index (χ2n) is 9.55. The van der Waals surface area contributed by atoms with Crippen LogP contribution in [0.3, 0.4) is 0 Å². The number of carbonyl (C=O) groups is 2. The molecule has 1 saturated heterocycles. The van der Waals surface area contributed by atoms with Crippen LogP contribution in [0, 0.1) is 5.82 Å². The Kier molecular flexibility index (Phi) is 7.48. The van der Waals surface area contributed by atoms with Crippen LogP contribution in [0.1, 0.15) is 51.3 Å². The van der Waals surface area contributed by atoms with Gasteiger partial charge in [0.25, 0.3) is 5.91 Å². The Morgan fingerprint density at radius 2 is 1.75 bits per heavy atom. The van der Waals surface area contributed by atoms with E-state index < -0.39 is 0 Å². The number of hydrogen-bond acceptors (Lipinski definition) is 4. The minimum atomic E-state index is -0.261. The highest BCUT2D eigenvalue weighted by molar-refractivity contribution is 7.10. The van der Waals surface area contributed by atoms with E-state index in [1.54, 1.807) is 23.5 Å². The second-order valence-corrected chi connectivity index (χ2v) is 10.6. The first kappa shape index (κ1) is 24.7. The van der Waals surface area contributed by atoms with E-state index in [-0.39, 0.29) is 30.2 Å². The summed E-state index contributed by atoms with van der Waals surface area (Å²) >= 11 is 1.73. The van der Waals surface area contributed by atoms with Gasteiger partial charge in [-0.05, 0) is 71.7 Å². The number of fused-ring (bicyclic) bond motifs is 1. The third-order valence-corrected chi connectivity index (χ3v) is 8.31. The molecule has 5 rings (SSSR count). The summed E-state index contributed by atoms with van der Waals surface area (Å²) in [5.41, 5.74) is 3.96. The number of amides is 2. The number of hydrogen-bond donors (Lipinski definition) is 0. The lowest BCUT2D eigenvalue weighted by atomic mass is 9.93. The summed E-state index contributed by atoms with van der Waals surface area (Å²) in [4.78, 5) is 33.7. The van der Waals surface area contributed by atoms with Gasteiger partial charge in [0.2, 0.25) is 5.91 Å². The Morgan fingerprint density at radius 1 is 0.972 bits per heavy atom. The van der Waals surface area contributed by atoms with Crippen molar-refractivity contribution in [2.45, 2.75) is 32.2 Å². The van der Waals surface area contributed by atoms with Gasteiger partial charge in [0.05, 0.1) is 12.6 Å². The summed E-state index contributed by atoms with van der Waals surface area (Å²) in [5, 5.41) is 2.08. The first-order valence-electron chi connectivity index (χ1n) is 12.7. The van der Waals surface area contributed by atoms with Crippen molar-refractivity contribution in [3.63, 3.8) is 0 Å². The maximum absolute atomic E-state index is 14.1. The molecule has 2 aliphatic rings. The molecule has 0 unspecified atom stereocenters. The average Bonchev–Trinajstić information content (AvgIpc) is 3.23. The van der Waals surface area contributed by atoms with Crippen molar-refractivity contribution in [1.29, 1.82) is 0 Å². The number of halogens is 1. The number of nitrogens with zero attached hydrogens (tertiary/aromatic N) is 3. The number of aryl methyl sites for hydroxylation is 1. The van der Waals surface area contributed by atoms with Crippen LogP contribution in [0.4, 0.5) is 4.39 Å². The molecule has 2 amide bonds. The van der Waals surface area contributed by atoms with Crippen molar-refractivity contribution < 1.29 is 14.0 Å². The number of rotatable bonds is 5. The third-order valence-electron chi connectivity index (χ3n) is 7.31. The lowest BCUT2D eigenvalue weighted by Crippen LogP contribution is -2.45. The zero-order chi connectivity index (χ0) is 25.1. The van der Waals surface area contributed by atoms with Crippen LogP contribution < -0.4 is 0 Å². The molecule has 7 heteroatoms. The quantitative estimate of drug-likeness (QED) is 0.502. The minimum Gasteiger partial charge on any atom is -0.340 e. The molecule has 188 valence electrons. The molecule has 36 heavy (non-hydrogen) atoms. The molecule has 1 aromatic heterocycles. The Balaban J connectivity index is 1.26. The van der Waals surface area contributed by atoms with Gasteiger partial charge in [0, 0.05) is 43.2 Å². The SMILES string of the molecule is CCc1ccc(C(=O)N2CCCN(C(=O)CN3CCc4sccc4[C@@H]3c3cccc(F)c3)CC2)cc1. The van der Waals surface area contributed by atoms with E-state index in [1.165, 1.54) is 22.1 Å². The van der Waals surface area contributed by atoms with E-state index in [0.29, 0.717) is 31.7 Å². The van der Waals surface area contributed by atoms with Crippen LogP contribution in [0.15, 0.2) is 60.0 Å². The molecule has 0 bridgehead atoms. The monoisotopic (exact) mass is 505 g/mol. The van der Waals surface area contributed by atoms with Gasteiger partial charge in [-0.2, -0.15) is 0 Å². The second kappa shape index (κ2) is 10.9. The lowest BCUT2D eigenvalue weighted by molar-refractivity contribution is -0.132. The first-order chi connectivity index (χ1) is 17.5. The van der Waals surface area contributed by atoms with Crippen molar-refractivity contribution in [2.24, 2.45) is 0 Å². The summed E-state index contributed by atoms with van der Waals surface area (Å²) < 4.78 is 14.1. The smallest absolute Gasteiger partial charge is 0.253 e. The predicted molar refractivity (Wildman–Crippen MR) is 141 cm³/mol. The Morgan fingerprint density at radius 3 is 2.53 bits per heavy atom. The van der Waals surface area contributed by atoms with E-state index >= 15 is 0 Å². The fourth-order valence-electron chi connectivity index (χ4n) is 5.31. The maximum Gasteiger partial charge on any atom is 0.253 e. The average molecular weight is 506 g/mol. The van der Waals surface area contributed by atoms with Crippen LogP contribution in [0.5, 0.6) is 0 Å². The molecule has 1 fully saturated rings. The van der Waals surface area contributed by atoms with Crippen LogP contribution >= 0.6 is 11.3 Å². The number of benzene rings is 2. The van der Waals surface area contributed by atoms with Crippen LogP contribution in [0.2, 0.25) is 0 Å². The van der Waals surface area contributed by atoms with Crippen molar-refractivity contribution in [2.75, 3.05) is 39.3 Å². The molecule has 3 heterocycles. The zero-order valence-electron chi connectivity index (χ0n) is 20.7. The summed E-state index contributed by atoms with van der Waals surface area (Å²) in [6, 6.07) is 16.5. The molecule has 0 saturated carbocycles. The molecule has 2 aliphatic heterocycles. The Bertz CT molecular complexity index is 1230. The topological polar surface area (TPSA) is 43.9 Å². The highest BCUT2D eigenvalue weighted by atomic mass is 32.1. The van der Waals surface area contributed by atoms with Crippen LogP contribution in [-0.2, 0) is 17.6 Å². The van der Waals surface area contributed by atoms with Gasteiger partial charge in [-0.15, -0.1) is 11.3 Å². The largest absolute Gasteiger partial charge is 0.340 e. The maximum atomic E-state index is 14.1. The summed E-state index contributed by atoms with van der Waals surface area (Å²) in [6.45, 7) is 5.48. The summed E-state index contributed by atoms with van der Waals surface area (Å²) in [5.74, 6) is -0.168. The standard InChI is InChI=1S/C29H32FN3O2S/c1-2-21-7-9-22(10-8-21)29(35)32-14-4-13-31(16-17-32)27(34)20-33-15-11-26-25(12-18-36-26)28(33)23-5-3-6-24(30)19-23/h3,5-10,12,18-19,28H,2,4,11,13-17,20H2,1H3/t28-/m0/s1. The molecule has 5 nitrogen and oxygen atoms in total. The van der Waals surface area contributed by atoms with Crippen LogP contribution in [-0.4, -0.2) is 65.8 Å². The molecule has 1 atom stereocenters. The van der Waals surface area contributed by atoms with Crippen LogP contribution in [0.25, 0.3) is 0 Å². The highest BCUT2D eigenvalue weighted by Gasteiger charge is 2.32. The van der Waals surface area contributed by atoms with Crippen molar-refractivity contribution >= 4 is 23.2 Å². The van der Waals surface area contributed by atoms with Crippen molar-refractivity contribution in [3.05, 3.63) is 92.9 Å². The van der Waals surface area contributed by atoms with Gasteiger partial charge >= 0.3 is 0 Å². The molecule has 0 aliphatic carbocycles. The van der Waals surface area contributed by atoms with Gasteiger partial charge in [-0.1, -0.05) is 31.2 Å². The van der Waals surface area contributed by atoms with Gasteiger partial charge in [-0.3, -0.25) is 14.5 Å². The molecule has 0 radical (unpaired) electrons. The summed E-state index contributed by atoms with van der Waals surface area (Å²) in [7, 11) is 0. The van der Waals surface area contributed by atoms with E-state index in [2.05, 4.69) is 23.3 Å². The number of carbonyl (C=O) groups excluding carboxylic acids is 2. The Hall–Kier alpha value is -3.03. The molecule has 3 aromatic rings. The lowest BCUT2D eigenvalue weighted by Gasteiger charge is -2.37. The first-order valence-corrected chi connectivity index (χ1v) is 13.6. The molecular formula is C29H32FN3O2S. The normalized spacial score (nSPS) is 18.6. The summed E-state index contributed by atoms with van der Waals surface area (Å²) in [6.07, 6.45) is 2.60. The van der Waals surface area contributed by atoms with E-state index in [0.717, 1.165) is 31.4 Å². The van der Waals surface area contributed by atoms with E-state index in [9.17, 15) is 14.0 Å². The van der Waals surface area contributed by atoms with Gasteiger partial charge in [0.1, 0.15) is 5.82 Å². The number of thiophene rings is 1. The van der Waals surface area contributed by atoms with Crippen molar-refractivity contribution in [1.82, 2.24) is 14.7 Å². The highest BCUT2D eigenvalue weighted by Crippen LogP contribution is 2.37. The molecular weight excluding hydrogens is 473 g/mol. The Labute approximate surface area is 216 Å². The van der Waals surface area contributed by atoms with Crippen molar-refractivity contribution in [3.8, 4) is 0 Å². The molecule has 0 spiro atoms. The third kappa shape index (κ3) is 5.22. The zero-order valence-corrected chi connectivity index (χ0v) is 21.5. The van der Waals surface area contributed by atoms with Gasteiger partial charge in [0.15, 0.2) is 0 Å². The van der Waals surface area contributed by atoms with E-state index in [1.807, 2.05) is 40.1 Å². The van der Waals surface area contributed by atoms with Gasteiger partial charge in [-0.25, -0.2) is 4.39 Å². The van der Waals surface area contributed by atoms with E-state index in [4.69, 9.17) is 0 Å². The molecule has 0 N–H and O–H groups in total. The predicted octanol–water partition coefficient (Wildman–Crippen LogP) is 4.77. The minimum absolute atomic E-state index is 0.0270.